The smallest absolute Gasteiger partial charge is 0.132 e. The Bertz CT molecular complexity index is 553. The zero-order chi connectivity index (χ0) is 12.5. The van der Waals surface area contributed by atoms with Crippen LogP contribution in [0.4, 0.5) is 5.82 Å². The van der Waals surface area contributed by atoms with Gasteiger partial charge in [-0.3, -0.25) is 0 Å². The van der Waals surface area contributed by atoms with Crippen LogP contribution in [0.15, 0.2) is 36.5 Å². The van der Waals surface area contributed by atoms with Crippen LogP contribution in [0.3, 0.4) is 0 Å². The number of anilines is 1. The van der Waals surface area contributed by atoms with Crippen LogP contribution in [-0.2, 0) is 19.6 Å². The first kappa shape index (κ1) is 11.2. The summed E-state index contributed by atoms with van der Waals surface area (Å²) in [7, 11) is 0. The van der Waals surface area contributed by atoms with E-state index in [1.807, 2.05) is 6.20 Å². The van der Waals surface area contributed by atoms with Gasteiger partial charge in [-0.1, -0.05) is 24.3 Å². The van der Waals surface area contributed by atoms with E-state index in [0.29, 0.717) is 6.54 Å². The molecular formula is C15H17N3. The summed E-state index contributed by atoms with van der Waals surface area (Å²) in [6, 6.07) is 10.7. The predicted octanol–water partition coefficient (Wildman–Crippen LogP) is 2.37. The first-order chi connectivity index (χ1) is 8.78. The number of rotatable bonds is 2. The van der Waals surface area contributed by atoms with Gasteiger partial charge >= 0.3 is 0 Å². The monoisotopic (exact) mass is 239 g/mol. The molecule has 2 N–H and O–H groups in total. The number of nitrogens with zero attached hydrogens (tertiary/aromatic N) is 2. The highest BCUT2D eigenvalue weighted by atomic mass is 15.2. The number of hydrogen-bond acceptors (Lipinski definition) is 3. The second kappa shape index (κ2) is 4.42. The molecule has 2 heterocycles. The van der Waals surface area contributed by atoms with Crippen molar-refractivity contribution in [2.24, 2.45) is 5.73 Å². The fourth-order valence-corrected chi connectivity index (χ4v) is 2.55. The standard InChI is InChI=1S/C15H17N3/c1-11-6-12(7-16)8-17-15(11)18-9-13-4-2-3-5-14(13)10-18/h2-6,8H,7,9-10,16H2,1H3. The number of hydrogen-bond donors (Lipinski definition) is 1. The molecule has 0 atom stereocenters. The van der Waals surface area contributed by atoms with Crippen LogP contribution in [0.25, 0.3) is 0 Å². The number of pyridine rings is 1. The molecule has 18 heavy (non-hydrogen) atoms. The van der Waals surface area contributed by atoms with Gasteiger partial charge in [-0.15, -0.1) is 0 Å². The van der Waals surface area contributed by atoms with Crippen molar-refractivity contribution in [3.05, 3.63) is 58.8 Å². The Labute approximate surface area is 107 Å². The van der Waals surface area contributed by atoms with Crippen molar-refractivity contribution in [1.29, 1.82) is 0 Å². The third kappa shape index (κ3) is 1.87. The normalized spacial score (nSPS) is 13.8. The molecule has 0 spiro atoms. The summed E-state index contributed by atoms with van der Waals surface area (Å²) in [5.74, 6) is 1.07. The van der Waals surface area contributed by atoms with E-state index in [2.05, 4.69) is 47.1 Å². The summed E-state index contributed by atoms with van der Waals surface area (Å²) in [6.07, 6.45) is 1.88. The zero-order valence-corrected chi connectivity index (χ0v) is 10.6. The third-order valence-corrected chi connectivity index (χ3v) is 3.48. The summed E-state index contributed by atoms with van der Waals surface area (Å²) in [4.78, 5) is 6.88. The molecule has 0 saturated heterocycles. The minimum Gasteiger partial charge on any atom is -0.348 e. The lowest BCUT2D eigenvalue weighted by molar-refractivity contribution is 0.846. The first-order valence-electron chi connectivity index (χ1n) is 6.25. The van der Waals surface area contributed by atoms with Gasteiger partial charge in [0.25, 0.3) is 0 Å². The van der Waals surface area contributed by atoms with Gasteiger partial charge in [0.05, 0.1) is 0 Å². The first-order valence-corrected chi connectivity index (χ1v) is 6.25. The highest BCUT2D eigenvalue weighted by Crippen LogP contribution is 2.28. The van der Waals surface area contributed by atoms with Gasteiger partial charge in [0.15, 0.2) is 0 Å². The Balaban J connectivity index is 1.90. The van der Waals surface area contributed by atoms with Crippen molar-refractivity contribution < 1.29 is 0 Å². The molecule has 1 aliphatic heterocycles. The molecule has 0 saturated carbocycles. The molecule has 0 fully saturated rings. The number of nitrogens with two attached hydrogens (primary N) is 1. The molecule has 0 aliphatic carbocycles. The summed E-state index contributed by atoms with van der Waals surface area (Å²) in [5, 5.41) is 0. The minimum atomic E-state index is 0.550. The van der Waals surface area contributed by atoms with Crippen molar-refractivity contribution in [3.8, 4) is 0 Å². The van der Waals surface area contributed by atoms with Gasteiger partial charge in [-0.05, 0) is 35.2 Å². The van der Waals surface area contributed by atoms with Gasteiger partial charge in [-0.25, -0.2) is 4.98 Å². The van der Waals surface area contributed by atoms with Crippen LogP contribution in [0, 0.1) is 6.92 Å². The summed E-state index contributed by atoms with van der Waals surface area (Å²) >= 11 is 0. The zero-order valence-electron chi connectivity index (χ0n) is 10.6. The molecule has 0 amide bonds. The molecule has 0 bridgehead atoms. The Kier molecular flexibility index (Phi) is 2.76. The summed E-state index contributed by atoms with van der Waals surface area (Å²) < 4.78 is 0. The van der Waals surface area contributed by atoms with Gasteiger partial charge in [-0.2, -0.15) is 0 Å². The van der Waals surface area contributed by atoms with Crippen LogP contribution in [0.1, 0.15) is 22.3 Å². The van der Waals surface area contributed by atoms with E-state index in [1.54, 1.807) is 0 Å². The SMILES string of the molecule is Cc1cc(CN)cnc1N1Cc2ccccc2C1. The molecule has 1 aromatic heterocycles. The number of benzene rings is 1. The number of fused-ring (bicyclic) bond motifs is 1. The molecule has 0 unspecified atom stereocenters. The summed E-state index contributed by atoms with van der Waals surface area (Å²) in [6.45, 7) is 4.55. The van der Waals surface area contributed by atoms with Gasteiger partial charge in [0, 0.05) is 25.8 Å². The van der Waals surface area contributed by atoms with Crippen LogP contribution >= 0.6 is 0 Å². The Morgan fingerprint density at radius 2 is 1.89 bits per heavy atom. The van der Waals surface area contributed by atoms with E-state index in [1.165, 1.54) is 16.7 Å². The molecule has 92 valence electrons. The van der Waals surface area contributed by atoms with E-state index in [9.17, 15) is 0 Å². The van der Waals surface area contributed by atoms with E-state index in [-0.39, 0.29) is 0 Å². The molecule has 0 radical (unpaired) electrons. The second-order valence-corrected chi connectivity index (χ2v) is 4.81. The van der Waals surface area contributed by atoms with Crippen molar-refractivity contribution in [2.45, 2.75) is 26.6 Å². The molecule has 3 rings (SSSR count). The van der Waals surface area contributed by atoms with E-state index >= 15 is 0 Å². The van der Waals surface area contributed by atoms with E-state index in [4.69, 9.17) is 5.73 Å². The second-order valence-electron chi connectivity index (χ2n) is 4.81. The number of aromatic nitrogens is 1. The molecule has 3 nitrogen and oxygen atoms in total. The number of aryl methyl sites for hydroxylation is 1. The Hall–Kier alpha value is -1.87. The van der Waals surface area contributed by atoms with Crippen LogP contribution in [0.5, 0.6) is 0 Å². The molecule has 2 aromatic rings. The molecule has 3 heteroatoms. The summed E-state index contributed by atoms with van der Waals surface area (Å²) in [5.41, 5.74) is 10.7. The lowest BCUT2D eigenvalue weighted by Crippen LogP contribution is -2.17. The topological polar surface area (TPSA) is 42.1 Å². The molecule has 1 aromatic carbocycles. The largest absolute Gasteiger partial charge is 0.348 e. The van der Waals surface area contributed by atoms with Crippen molar-refractivity contribution in [1.82, 2.24) is 4.98 Å². The molecule has 1 aliphatic rings. The fourth-order valence-electron chi connectivity index (χ4n) is 2.55. The lowest BCUT2D eigenvalue weighted by Gasteiger charge is -2.19. The van der Waals surface area contributed by atoms with Crippen molar-refractivity contribution in [2.75, 3.05) is 4.90 Å². The Morgan fingerprint density at radius 3 is 2.44 bits per heavy atom. The highest BCUT2D eigenvalue weighted by molar-refractivity contribution is 5.52. The fraction of sp³-hybridized carbons (Fsp3) is 0.267. The predicted molar refractivity (Wildman–Crippen MR) is 73.2 cm³/mol. The molecular weight excluding hydrogens is 222 g/mol. The van der Waals surface area contributed by atoms with Gasteiger partial charge in [0.2, 0.25) is 0 Å². The third-order valence-electron chi connectivity index (χ3n) is 3.48. The minimum absolute atomic E-state index is 0.550. The van der Waals surface area contributed by atoms with Crippen LogP contribution < -0.4 is 10.6 Å². The average molecular weight is 239 g/mol. The van der Waals surface area contributed by atoms with Gasteiger partial charge < -0.3 is 10.6 Å². The van der Waals surface area contributed by atoms with E-state index < -0.39 is 0 Å². The quantitative estimate of drug-likeness (QED) is 0.874. The maximum Gasteiger partial charge on any atom is 0.132 e. The maximum absolute atomic E-state index is 5.64. The van der Waals surface area contributed by atoms with E-state index in [0.717, 1.165) is 24.5 Å². The lowest BCUT2D eigenvalue weighted by atomic mass is 10.1. The van der Waals surface area contributed by atoms with Crippen molar-refractivity contribution in [3.63, 3.8) is 0 Å². The highest BCUT2D eigenvalue weighted by Gasteiger charge is 2.20. The average Bonchev–Trinajstić information content (AvgIpc) is 2.81. The van der Waals surface area contributed by atoms with Crippen LogP contribution in [0.2, 0.25) is 0 Å². The van der Waals surface area contributed by atoms with Crippen molar-refractivity contribution >= 4 is 5.82 Å². The Morgan fingerprint density at radius 1 is 1.22 bits per heavy atom. The van der Waals surface area contributed by atoms with Crippen LogP contribution in [-0.4, -0.2) is 4.98 Å². The maximum atomic E-state index is 5.64. The van der Waals surface area contributed by atoms with Gasteiger partial charge in [0.1, 0.15) is 5.82 Å².